The van der Waals surface area contributed by atoms with Crippen molar-refractivity contribution in [3.63, 3.8) is 0 Å². The Hall–Kier alpha value is -2.37. The van der Waals surface area contributed by atoms with E-state index >= 15 is 0 Å². The molecule has 1 N–H and O–H groups in total. The number of hydrogen-bond acceptors (Lipinski definition) is 3. The van der Waals surface area contributed by atoms with E-state index in [-0.39, 0.29) is 29.1 Å². The Morgan fingerprint density at radius 3 is 2.11 bits per heavy atom. The lowest BCUT2D eigenvalue weighted by Gasteiger charge is -2.37. The maximum Gasteiger partial charge on any atom is 0.307 e. The van der Waals surface area contributed by atoms with Crippen LogP contribution in [0.4, 0.5) is 0 Å². The van der Waals surface area contributed by atoms with Crippen molar-refractivity contribution < 1.29 is 19.5 Å². The van der Waals surface area contributed by atoms with Gasteiger partial charge in [-0.3, -0.25) is 14.4 Å². The number of aliphatic carboxylic acids is 1. The minimum Gasteiger partial charge on any atom is -0.481 e. The Kier molecular flexibility index (Phi) is 4.66. The Labute approximate surface area is 159 Å². The standard InChI is InChI=1S/C21H26N2O4/c24-18(15-4-2-1-3-5-15)22-10-6-16(7-11-22)19(25)23-12-8-21(9-13-23)14-17(21)20(26)27/h1-5,16-17H,6-14H2,(H,26,27). The molecule has 1 aromatic rings. The largest absolute Gasteiger partial charge is 0.481 e. The second kappa shape index (κ2) is 6.98. The van der Waals surface area contributed by atoms with E-state index in [0.29, 0.717) is 44.6 Å². The summed E-state index contributed by atoms with van der Waals surface area (Å²) in [6.07, 6.45) is 3.79. The molecule has 1 spiro atoms. The predicted molar refractivity (Wildman–Crippen MR) is 99.1 cm³/mol. The summed E-state index contributed by atoms with van der Waals surface area (Å²) < 4.78 is 0. The summed E-state index contributed by atoms with van der Waals surface area (Å²) in [6, 6.07) is 9.27. The van der Waals surface area contributed by atoms with Crippen molar-refractivity contribution in [1.82, 2.24) is 9.80 Å². The molecule has 1 aliphatic carbocycles. The van der Waals surface area contributed by atoms with Crippen molar-refractivity contribution >= 4 is 17.8 Å². The zero-order chi connectivity index (χ0) is 19.0. The van der Waals surface area contributed by atoms with Crippen molar-refractivity contribution in [2.24, 2.45) is 17.3 Å². The molecule has 2 saturated heterocycles. The van der Waals surface area contributed by atoms with E-state index in [2.05, 4.69) is 0 Å². The summed E-state index contributed by atoms with van der Waals surface area (Å²) in [5, 5.41) is 9.19. The molecular formula is C21H26N2O4. The van der Waals surface area contributed by atoms with Crippen LogP contribution in [0.15, 0.2) is 30.3 Å². The molecule has 2 amide bonds. The Morgan fingerprint density at radius 2 is 1.56 bits per heavy atom. The smallest absolute Gasteiger partial charge is 0.307 e. The first kappa shape index (κ1) is 18.0. The van der Waals surface area contributed by atoms with Crippen molar-refractivity contribution in [2.45, 2.75) is 32.1 Å². The highest BCUT2D eigenvalue weighted by Crippen LogP contribution is 2.59. The number of carbonyl (C=O) groups is 3. The molecular weight excluding hydrogens is 344 g/mol. The molecule has 1 aromatic carbocycles. The van der Waals surface area contributed by atoms with Gasteiger partial charge in [-0.2, -0.15) is 0 Å². The first-order chi connectivity index (χ1) is 13.0. The number of likely N-dealkylation sites (tertiary alicyclic amines) is 2. The molecule has 1 atom stereocenters. The van der Waals surface area contributed by atoms with Gasteiger partial charge in [-0.15, -0.1) is 0 Å². The van der Waals surface area contributed by atoms with Gasteiger partial charge in [-0.05, 0) is 49.7 Å². The van der Waals surface area contributed by atoms with Gasteiger partial charge in [0.25, 0.3) is 5.91 Å². The summed E-state index contributed by atoms with van der Waals surface area (Å²) in [5.41, 5.74) is 0.648. The molecule has 2 aliphatic heterocycles. The lowest BCUT2D eigenvalue weighted by atomic mass is 9.88. The topological polar surface area (TPSA) is 77.9 Å². The highest BCUT2D eigenvalue weighted by Gasteiger charge is 2.59. The number of nitrogens with zero attached hydrogens (tertiary/aromatic N) is 2. The Morgan fingerprint density at radius 1 is 0.926 bits per heavy atom. The fourth-order valence-corrected chi connectivity index (χ4v) is 4.77. The molecule has 1 unspecified atom stereocenters. The number of amides is 2. The second-order valence-corrected chi connectivity index (χ2v) is 8.22. The van der Waals surface area contributed by atoms with Crippen LogP contribution in [0, 0.1) is 17.3 Å². The summed E-state index contributed by atoms with van der Waals surface area (Å²) in [4.78, 5) is 40.3. The number of carboxylic acid groups (broad SMARTS) is 1. The van der Waals surface area contributed by atoms with Crippen LogP contribution in [0.25, 0.3) is 0 Å². The average Bonchev–Trinajstić information content (AvgIpc) is 3.42. The minimum atomic E-state index is -0.690. The number of benzene rings is 1. The van der Waals surface area contributed by atoms with E-state index in [1.54, 1.807) is 0 Å². The van der Waals surface area contributed by atoms with Crippen LogP contribution < -0.4 is 0 Å². The SMILES string of the molecule is O=C(O)C1CC12CCN(C(=O)C1CCN(C(=O)c3ccccc3)CC1)CC2. The summed E-state index contributed by atoms with van der Waals surface area (Å²) in [7, 11) is 0. The third-order valence-electron chi connectivity index (χ3n) is 6.71. The van der Waals surface area contributed by atoms with Crippen LogP contribution in [0.1, 0.15) is 42.5 Å². The van der Waals surface area contributed by atoms with Crippen molar-refractivity contribution in [2.75, 3.05) is 26.2 Å². The molecule has 0 aromatic heterocycles. The molecule has 144 valence electrons. The zero-order valence-electron chi connectivity index (χ0n) is 15.5. The highest BCUT2D eigenvalue weighted by atomic mass is 16.4. The second-order valence-electron chi connectivity index (χ2n) is 8.22. The van der Waals surface area contributed by atoms with E-state index in [1.807, 2.05) is 40.1 Å². The van der Waals surface area contributed by atoms with E-state index in [0.717, 1.165) is 19.3 Å². The van der Waals surface area contributed by atoms with Crippen LogP contribution >= 0.6 is 0 Å². The highest BCUT2D eigenvalue weighted by molar-refractivity contribution is 5.94. The number of piperidine rings is 2. The third kappa shape index (κ3) is 3.45. The van der Waals surface area contributed by atoms with Crippen LogP contribution in [0.5, 0.6) is 0 Å². The maximum atomic E-state index is 12.9. The quantitative estimate of drug-likeness (QED) is 0.885. The number of rotatable bonds is 3. The molecule has 27 heavy (non-hydrogen) atoms. The van der Waals surface area contributed by atoms with Crippen LogP contribution in [-0.2, 0) is 9.59 Å². The van der Waals surface area contributed by atoms with Gasteiger partial charge in [0.15, 0.2) is 0 Å². The van der Waals surface area contributed by atoms with E-state index in [4.69, 9.17) is 0 Å². The van der Waals surface area contributed by atoms with Crippen molar-refractivity contribution in [3.8, 4) is 0 Å². The monoisotopic (exact) mass is 370 g/mol. The average molecular weight is 370 g/mol. The molecule has 2 heterocycles. The fraction of sp³-hybridized carbons (Fsp3) is 0.571. The minimum absolute atomic E-state index is 0.0200. The van der Waals surface area contributed by atoms with Gasteiger partial charge in [0.1, 0.15) is 0 Å². The molecule has 6 heteroatoms. The van der Waals surface area contributed by atoms with Crippen molar-refractivity contribution in [1.29, 1.82) is 0 Å². The first-order valence-electron chi connectivity index (χ1n) is 9.86. The summed E-state index contributed by atoms with van der Waals surface area (Å²) in [5.74, 6) is -0.695. The fourth-order valence-electron chi connectivity index (χ4n) is 4.77. The normalized spacial score (nSPS) is 24.7. The summed E-state index contributed by atoms with van der Waals surface area (Å²) >= 11 is 0. The number of carbonyl (C=O) groups excluding carboxylic acids is 2. The van der Waals surface area contributed by atoms with Crippen LogP contribution in [0.2, 0.25) is 0 Å². The van der Waals surface area contributed by atoms with E-state index in [1.165, 1.54) is 0 Å². The summed E-state index contributed by atoms with van der Waals surface area (Å²) in [6.45, 7) is 2.57. The Bertz CT molecular complexity index is 732. The van der Waals surface area contributed by atoms with Gasteiger partial charge in [0, 0.05) is 37.7 Å². The van der Waals surface area contributed by atoms with Gasteiger partial charge in [-0.25, -0.2) is 0 Å². The molecule has 0 radical (unpaired) electrons. The van der Waals surface area contributed by atoms with Gasteiger partial charge in [0.2, 0.25) is 5.91 Å². The number of carboxylic acids is 1. The molecule has 6 nitrogen and oxygen atoms in total. The predicted octanol–water partition coefficient (Wildman–Crippen LogP) is 2.25. The van der Waals surface area contributed by atoms with Crippen LogP contribution in [-0.4, -0.2) is 58.9 Å². The van der Waals surface area contributed by atoms with Gasteiger partial charge < -0.3 is 14.9 Å². The van der Waals surface area contributed by atoms with Gasteiger partial charge >= 0.3 is 5.97 Å². The van der Waals surface area contributed by atoms with Crippen LogP contribution in [0.3, 0.4) is 0 Å². The van der Waals surface area contributed by atoms with E-state index < -0.39 is 5.97 Å². The lowest BCUT2D eigenvalue weighted by Crippen LogP contribution is -2.47. The molecule has 4 rings (SSSR count). The van der Waals surface area contributed by atoms with Gasteiger partial charge in [0.05, 0.1) is 5.92 Å². The lowest BCUT2D eigenvalue weighted by molar-refractivity contribution is -0.140. The Balaban J connectivity index is 1.27. The third-order valence-corrected chi connectivity index (χ3v) is 6.71. The maximum absolute atomic E-state index is 12.9. The van der Waals surface area contributed by atoms with Crippen molar-refractivity contribution in [3.05, 3.63) is 35.9 Å². The molecule has 3 aliphatic rings. The molecule has 3 fully saturated rings. The molecule has 0 bridgehead atoms. The zero-order valence-corrected chi connectivity index (χ0v) is 15.5. The first-order valence-corrected chi connectivity index (χ1v) is 9.86. The molecule has 1 saturated carbocycles. The van der Waals surface area contributed by atoms with E-state index in [9.17, 15) is 19.5 Å². The number of hydrogen-bond donors (Lipinski definition) is 1. The van der Waals surface area contributed by atoms with Gasteiger partial charge in [-0.1, -0.05) is 18.2 Å².